The fourth-order valence-electron chi connectivity index (χ4n) is 3.58. The Kier molecular flexibility index (Phi) is 6.33. The van der Waals surface area contributed by atoms with E-state index in [1.807, 2.05) is 36.4 Å². The number of nitrogens with one attached hydrogen (secondary N) is 1. The molecule has 0 aliphatic heterocycles. The van der Waals surface area contributed by atoms with Crippen molar-refractivity contribution in [2.45, 2.75) is 25.8 Å². The van der Waals surface area contributed by atoms with Crippen molar-refractivity contribution in [2.24, 2.45) is 0 Å². The van der Waals surface area contributed by atoms with Gasteiger partial charge in [-0.25, -0.2) is 0 Å². The number of hydrogen-bond donors (Lipinski definition) is 1. The van der Waals surface area contributed by atoms with E-state index in [-0.39, 0.29) is 5.91 Å². The molecule has 148 valence electrons. The quantitative estimate of drug-likeness (QED) is 0.388. The SMILES string of the molecule is O=C(CCc1cn(Cc2ccccc2Cl)c2ccccc12)NCCc1cccs1. The maximum Gasteiger partial charge on any atom is 0.220 e. The zero-order valence-corrected chi connectivity index (χ0v) is 17.7. The number of carbonyl (C=O) groups is 1. The monoisotopic (exact) mass is 422 g/mol. The molecule has 1 amide bonds. The molecule has 0 saturated carbocycles. The Morgan fingerprint density at radius 3 is 2.62 bits per heavy atom. The van der Waals surface area contributed by atoms with E-state index in [0.29, 0.717) is 19.5 Å². The zero-order valence-electron chi connectivity index (χ0n) is 16.1. The number of rotatable bonds is 8. The number of aromatic nitrogens is 1. The summed E-state index contributed by atoms with van der Waals surface area (Å²) >= 11 is 8.08. The summed E-state index contributed by atoms with van der Waals surface area (Å²) in [5.74, 6) is 0.101. The lowest BCUT2D eigenvalue weighted by atomic mass is 10.1. The molecule has 0 aliphatic rings. The van der Waals surface area contributed by atoms with Crippen LogP contribution in [0.2, 0.25) is 5.02 Å². The summed E-state index contributed by atoms with van der Waals surface area (Å²) < 4.78 is 2.22. The van der Waals surface area contributed by atoms with Crippen LogP contribution in [-0.4, -0.2) is 17.0 Å². The molecule has 4 rings (SSSR count). The van der Waals surface area contributed by atoms with Crippen LogP contribution < -0.4 is 5.32 Å². The Balaban J connectivity index is 1.42. The summed E-state index contributed by atoms with van der Waals surface area (Å²) in [7, 11) is 0. The molecule has 2 aromatic heterocycles. The Morgan fingerprint density at radius 1 is 0.966 bits per heavy atom. The molecule has 0 saturated heterocycles. The van der Waals surface area contributed by atoms with Crippen molar-refractivity contribution in [1.82, 2.24) is 9.88 Å². The van der Waals surface area contributed by atoms with Crippen LogP contribution >= 0.6 is 22.9 Å². The predicted octanol–water partition coefficient (Wildman–Crippen LogP) is 5.70. The molecule has 0 atom stereocenters. The van der Waals surface area contributed by atoms with Gasteiger partial charge in [-0.3, -0.25) is 4.79 Å². The minimum Gasteiger partial charge on any atom is -0.356 e. The lowest BCUT2D eigenvalue weighted by Gasteiger charge is -2.07. The number of aryl methyl sites for hydroxylation is 1. The average Bonchev–Trinajstić information content (AvgIpc) is 3.37. The van der Waals surface area contributed by atoms with Crippen LogP contribution in [0.5, 0.6) is 0 Å². The molecule has 4 aromatic rings. The van der Waals surface area contributed by atoms with Gasteiger partial charge in [0.25, 0.3) is 0 Å². The van der Waals surface area contributed by atoms with E-state index in [0.717, 1.165) is 23.4 Å². The number of hydrogen-bond acceptors (Lipinski definition) is 2. The van der Waals surface area contributed by atoms with Crippen LogP contribution in [0, 0.1) is 0 Å². The highest BCUT2D eigenvalue weighted by atomic mass is 35.5. The molecule has 5 heteroatoms. The molecule has 2 heterocycles. The van der Waals surface area contributed by atoms with Crippen LogP contribution in [0.3, 0.4) is 0 Å². The average molecular weight is 423 g/mol. The van der Waals surface area contributed by atoms with Crippen molar-refractivity contribution in [3.05, 3.63) is 93.3 Å². The zero-order chi connectivity index (χ0) is 20.1. The number of thiophene rings is 1. The Hall–Kier alpha value is -2.56. The molecule has 0 bridgehead atoms. The first-order chi connectivity index (χ1) is 14.2. The highest BCUT2D eigenvalue weighted by Crippen LogP contribution is 2.25. The van der Waals surface area contributed by atoms with Crippen molar-refractivity contribution in [2.75, 3.05) is 6.54 Å². The third-order valence-electron chi connectivity index (χ3n) is 5.06. The van der Waals surface area contributed by atoms with Crippen LogP contribution in [0.1, 0.15) is 22.4 Å². The van der Waals surface area contributed by atoms with Crippen molar-refractivity contribution >= 4 is 39.7 Å². The molecule has 0 aliphatic carbocycles. The lowest BCUT2D eigenvalue weighted by Crippen LogP contribution is -2.25. The third-order valence-corrected chi connectivity index (χ3v) is 6.37. The van der Waals surface area contributed by atoms with Crippen LogP contribution in [0.15, 0.2) is 72.2 Å². The Labute approximate surface area is 179 Å². The second-order valence-corrected chi connectivity index (χ2v) is 8.51. The maximum atomic E-state index is 12.3. The van der Waals surface area contributed by atoms with E-state index < -0.39 is 0 Å². The van der Waals surface area contributed by atoms with Gasteiger partial charge < -0.3 is 9.88 Å². The second kappa shape index (κ2) is 9.29. The number of halogens is 1. The normalized spacial score (nSPS) is 11.1. The second-order valence-electron chi connectivity index (χ2n) is 7.07. The van der Waals surface area contributed by atoms with E-state index in [4.69, 9.17) is 11.6 Å². The van der Waals surface area contributed by atoms with Gasteiger partial charge in [0.05, 0.1) is 0 Å². The smallest absolute Gasteiger partial charge is 0.220 e. The molecule has 2 aromatic carbocycles. The van der Waals surface area contributed by atoms with Gasteiger partial charge >= 0.3 is 0 Å². The first kappa shape index (κ1) is 19.7. The van der Waals surface area contributed by atoms with E-state index in [9.17, 15) is 4.79 Å². The van der Waals surface area contributed by atoms with Crippen molar-refractivity contribution in [3.8, 4) is 0 Å². The lowest BCUT2D eigenvalue weighted by molar-refractivity contribution is -0.121. The van der Waals surface area contributed by atoms with Crippen LogP contribution in [0.4, 0.5) is 0 Å². The number of fused-ring (bicyclic) bond motifs is 1. The molecule has 0 radical (unpaired) electrons. The van der Waals surface area contributed by atoms with E-state index >= 15 is 0 Å². The number of para-hydroxylation sites is 1. The first-order valence-corrected chi connectivity index (χ1v) is 11.1. The summed E-state index contributed by atoms with van der Waals surface area (Å²) in [5.41, 5.74) is 3.45. The summed E-state index contributed by atoms with van der Waals surface area (Å²) in [5, 5.41) is 7.08. The van der Waals surface area contributed by atoms with Crippen LogP contribution in [0.25, 0.3) is 10.9 Å². The van der Waals surface area contributed by atoms with E-state index in [2.05, 4.69) is 45.7 Å². The van der Waals surface area contributed by atoms with Gasteiger partial charge in [0, 0.05) is 46.5 Å². The van der Waals surface area contributed by atoms with Crippen LogP contribution in [-0.2, 0) is 24.2 Å². The van der Waals surface area contributed by atoms with Crippen molar-refractivity contribution < 1.29 is 4.79 Å². The van der Waals surface area contributed by atoms with Gasteiger partial charge in [-0.05, 0) is 47.5 Å². The van der Waals surface area contributed by atoms with E-state index in [1.54, 1.807) is 11.3 Å². The Morgan fingerprint density at radius 2 is 1.79 bits per heavy atom. The fourth-order valence-corrected chi connectivity index (χ4v) is 4.48. The fraction of sp³-hybridized carbons (Fsp3) is 0.208. The van der Waals surface area contributed by atoms with Gasteiger partial charge in [-0.15, -0.1) is 11.3 Å². The van der Waals surface area contributed by atoms with Gasteiger partial charge in [0.2, 0.25) is 5.91 Å². The number of amides is 1. The topological polar surface area (TPSA) is 34.0 Å². The summed E-state index contributed by atoms with van der Waals surface area (Å²) in [6, 6.07) is 20.4. The minimum absolute atomic E-state index is 0.101. The summed E-state index contributed by atoms with van der Waals surface area (Å²) in [4.78, 5) is 13.6. The number of nitrogens with zero attached hydrogens (tertiary/aromatic N) is 1. The van der Waals surface area contributed by atoms with E-state index in [1.165, 1.54) is 21.3 Å². The molecule has 1 N–H and O–H groups in total. The van der Waals surface area contributed by atoms with Crippen molar-refractivity contribution in [1.29, 1.82) is 0 Å². The summed E-state index contributed by atoms with van der Waals surface area (Å²) in [6.07, 6.45) is 4.26. The van der Waals surface area contributed by atoms with Crippen molar-refractivity contribution in [3.63, 3.8) is 0 Å². The van der Waals surface area contributed by atoms with Gasteiger partial charge in [-0.2, -0.15) is 0 Å². The number of carbonyl (C=O) groups excluding carboxylic acids is 1. The largest absolute Gasteiger partial charge is 0.356 e. The molecule has 3 nitrogen and oxygen atoms in total. The minimum atomic E-state index is 0.101. The third kappa shape index (κ3) is 4.89. The summed E-state index contributed by atoms with van der Waals surface area (Å²) in [6.45, 7) is 1.40. The van der Waals surface area contributed by atoms with Gasteiger partial charge in [0.1, 0.15) is 0 Å². The van der Waals surface area contributed by atoms with Gasteiger partial charge in [-0.1, -0.05) is 54.1 Å². The molecule has 0 unspecified atom stereocenters. The highest BCUT2D eigenvalue weighted by molar-refractivity contribution is 7.09. The van der Waals surface area contributed by atoms with Gasteiger partial charge in [0.15, 0.2) is 0 Å². The molecule has 0 fully saturated rings. The molecule has 0 spiro atoms. The Bertz CT molecular complexity index is 1100. The highest BCUT2D eigenvalue weighted by Gasteiger charge is 2.11. The molecular weight excluding hydrogens is 400 g/mol. The first-order valence-electron chi connectivity index (χ1n) is 9.80. The molecular formula is C24H23ClN2OS. The standard InChI is InChI=1S/C24H23ClN2OS/c25-22-9-3-1-6-19(22)17-27-16-18(21-8-2-4-10-23(21)27)11-12-24(28)26-14-13-20-7-5-15-29-20/h1-10,15-16H,11-14,17H2,(H,26,28). The maximum absolute atomic E-state index is 12.3. The molecule has 29 heavy (non-hydrogen) atoms. The number of benzene rings is 2. The predicted molar refractivity (Wildman–Crippen MR) is 122 cm³/mol.